The summed E-state index contributed by atoms with van der Waals surface area (Å²) in [4.78, 5) is 20.8. The fourth-order valence-electron chi connectivity index (χ4n) is 3.72. The van der Waals surface area contributed by atoms with Crippen LogP contribution in [0.15, 0.2) is 46.8 Å². The predicted octanol–water partition coefficient (Wildman–Crippen LogP) is 2.94. The summed E-state index contributed by atoms with van der Waals surface area (Å²) >= 11 is 1.79. The van der Waals surface area contributed by atoms with Crippen LogP contribution in [0.1, 0.15) is 36.2 Å². The summed E-state index contributed by atoms with van der Waals surface area (Å²) in [6, 6.07) is 10.7. The Kier molecular flexibility index (Phi) is 9.30. The summed E-state index contributed by atoms with van der Waals surface area (Å²) in [6.07, 6.45) is 2.67. The van der Waals surface area contributed by atoms with Crippen LogP contribution in [-0.4, -0.2) is 56.0 Å². The summed E-state index contributed by atoms with van der Waals surface area (Å²) in [6.45, 7) is 6.79. The number of nitrogens with one attached hydrogen (secondary N) is 3. The zero-order chi connectivity index (χ0) is 21.9. The summed E-state index contributed by atoms with van der Waals surface area (Å²) in [5.41, 5.74) is 0.668. The molecule has 0 bridgehead atoms. The second-order valence-corrected chi connectivity index (χ2v) is 8.56. The van der Waals surface area contributed by atoms with Gasteiger partial charge in [0.05, 0.1) is 19.0 Å². The standard InChI is InChI=1S/C23H32FN5OS/c1-2-25-23(27-11-10-26-22(30)16-18-7-5-8-19(24)15-18)28-17-20(21-9-6-14-31-21)29-12-3-4-13-29/h5-9,14-15,20H,2-4,10-13,16-17H2,1H3,(H,26,30)(H2,25,27,28). The fraction of sp³-hybridized carbons (Fsp3) is 0.478. The van der Waals surface area contributed by atoms with Crippen LogP contribution in [0.4, 0.5) is 4.39 Å². The largest absolute Gasteiger partial charge is 0.357 e. The van der Waals surface area contributed by atoms with E-state index in [0.29, 0.717) is 31.2 Å². The maximum Gasteiger partial charge on any atom is 0.224 e. The van der Waals surface area contributed by atoms with Gasteiger partial charge in [-0.2, -0.15) is 0 Å². The number of amides is 1. The Balaban J connectivity index is 1.47. The topological polar surface area (TPSA) is 68.8 Å². The van der Waals surface area contributed by atoms with E-state index in [0.717, 1.165) is 25.6 Å². The molecular weight excluding hydrogens is 413 g/mol. The molecule has 8 heteroatoms. The van der Waals surface area contributed by atoms with Gasteiger partial charge < -0.3 is 16.0 Å². The van der Waals surface area contributed by atoms with Crippen molar-refractivity contribution in [3.05, 3.63) is 58.0 Å². The number of hydrogen-bond acceptors (Lipinski definition) is 4. The van der Waals surface area contributed by atoms with E-state index in [-0.39, 0.29) is 18.1 Å². The van der Waals surface area contributed by atoms with Gasteiger partial charge in [-0.15, -0.1) is 11.3 Å². The number of carbonyl (C=O) groups excluding carboxylic acids is 1. The molecule has 1 amide bonds. The number of thiophene rings is 1. The van der Waals surface area contributed by atoms with Crippen LogP contribution >= 0.6 is 11.3 Å². The molecule has 1 aliphatic heterocycles. The normalized spacial score (nSPS) is 15.6. The van der Waals surface area contributed by atoms with Gasteiger partial charge in [0.15, 0.2) is 5.96 Å². The molecule has 1 aromatic carbocycles. The lowest BCUT2D eigenvalue weighted by atomic mass is 10.1. The first kappa shape index (κ1) is 23.2. The number of hydrogen-bond donors (Lipinski definition) is 3. The molecule has 0 saturated carbocycles. The van der Waals surface area contributed by atoms with Crippen LogP contribution in [0, 0.1) is 5.82 Å². The molecule has 2 aromatic rings. The third kappa shape index (κ3) is 7.63. The molecule has 1 aromatic heterocycles. The van der Waals surface area contributed by atoms with Crippen molar-refractivity contribution in [2.75, 3.05) is 39.3 Å². The molecule has 31 heavy (non-hydrogen) atoms. The fourth-order valence-corrected chi connectivity index (χ4v) is 4.57. The highest BCUT2D eigenvalue weighted by Crippen LogP contribution is 2.28. The summed E-state index contributed by atoms with van der Waals surface area (Å²) in [5, 5.41) is 11.6. The molecule has 1 unspecified atom stereocenters. The lowest BCUT2D eigenvalue weighted by Crippen LogP contribution is -2.42. The number of nitrogens with zero attached hydrogens (tertiary/aromatic N) is 2. The average Bonchev–Trinajstić information content (AvgIpc) is 3.46. The third-order valence-corrected chi connectivity index (χ3v) is 6.19. The molecule has 1 saturated heterocycles. The van der Waals surface area contributed by atoms with Crippen molar-refractivity contribution in [1.29, 1.82) is 0 Å². The summed E-state index contributed by atoms with van der Waals surface area (Å²) in [5.74, 6) is 0.303. The van der Waals surface area contributed by atoms with Gasteiger partial charge in [0.2, 0.25) is 5.91 Å². The first-order valence-corrected chi connectivity index (χ1v) is 11.8. The number of benzene rings is 1. The Hall–Kier alpha value is -2.45. The number of aliphatic imine (C=N–C) groups is 1. The van der Waals surface area contributed by atoms with Crippen molar-refractivity contribution in [3.63, 3.8) is 0 Å². The minimum atomic E-state index is -0.326. The van der Waals surface area contributed by atoms with Crippen molar-refractivity contribution in [2.45, 2.75) is 32.2 Å². The first-order valence-electron chi connectivity index (χ1n) is 11.0. The van der Waals surface area contributed by atoms with E-state index >= 15 is 0 Å². The highest BCUT2D eigenvalue weighted by atomic mass is 32.1. The zero-order valence-corrected chi connectivity index (χ0v) is 18.9. The number of guanidine groups is 1. The molecular formula is C23H32FN5OS. The first-order chi connectivity index (χ1) is 15.2. The molecule has 0 radical (unpaired) electrons. The van der Waals surface area contributed by atoms with E-state index < -0.39 is 0 Å². The Labute approximate surface area is 187 Å². The second kappa shape index (κ2) is 12.4. The molecule has 168 valence electrons. The Morgan fingerprint density at radius 1 is 1.16 bits per heavy atom. The van der Waals surface area contributed by atoms with Crippen LogP contribution in [0.2, 0.25) is 0 Å². The highest BCUT2D eigenvalue weighted by Gasteiger charge is 2.24. The smallest absolute Gasteiger partial charge is 0.224 e. The van der Waals surface area contributed by atoms with E-state index in [1.54, 1.807) is 23.5 Å². The number of rotatable bonds is 10. The van der Waals surface area contributed by atoms with Gasteiger partial charge in [-0.25, -0.2) is 4.39 Å². The van der Waals surface area contributed by atoms with Crippen molar-refractivity contribution < 1.29 is 9.18 Å². The number of likely N-dealkylation sites (tertiary alicyclic amines) is 1. The molecule has 3 N–H and O–H groups in total. The molecule has 0 aliphatic carbocycles. The Morgan fingerprint density at radius 2 is 1.97 bits per heavy atom. The minimum Gasteiger partial charge on any atom is -0.357 e. The van der Waals surface area contributed by atoms with Gasteiger partial charge in [0.25, 0.3) is 0 Å². The lowest BCUT2D eigenvalue weighted by molar-refractivity contribution is -0.120. The minimum absolute atomic E-state index is 0.124. The van der Waals surface area contributed by atoms with Crippen molar-refractivity contribution >= 4 is 23.2 Å². The molecule has 1 aliphatic rings. The number of halogens is 1. The molecule has 6 nitrogen and oxygen atoms in total. The van der Waals surface area contributed by atoms with Gasteiger partial charge in [-0.05, 0) is 62.0 Å². The van der Waals surface area contributed by atoms with Crippen LogP contribution in [0.3, 0.4) is 0 Å². The molecule has 1 atom stereocenters. The molecule has 0 spiro atoms. The SMILES string of the molecule is CCNC(=NCC(c1cccs1)N1CCCC1)NCCNC(=O)Cc1cccc(F)c1. The summed E-state index contributed by atoms with van der Waals surface area (Å²) < 4.78 is 13.2. The molecule has 1 fully saturated rings. The Morgan fingerprint density at radius 3 is 2.68 bits per heavy atom. The summed E-state index contributed by atoms with van der Waals surface area (Å²) in [7, 11) is 0. The quantitative estimate of drug-likeness (QED) is 0.299. The van der Waals surface area contributed by atoms with Gasteiger partial charge in [0, 0.05) is 24.5 Å². The van der Waals surface area contributed by atoms with E-state index in [1.165, 1.54) is 29.9 Å². The van der Waals surface area contributed by atoms with Gasteiger partial charge in [0.1, 0.15) is 5.82 Å². The lowest BCUT2D eigenvalue weighted by Gasteiger charge is -2.25. The van der Waals surface area contributed by atoms with Crippen molar-refractivity contribution in [3.8, 4) is 0 Å². The van der Waals surface area contributed by atoms with Gasteiger partial charge in [-0.3, -0.25) is 14.7 Å². The van der Waals surface area contributed by atoms with E-state index in [2.05, 4.69) is 38.4 Å². The van der Waals surface area contributed by atoms with Crippen LogP contribution in [0.5, 0.6) is 0 Å². The second-order valence-electron chi connectivity index (χ2n) is 7.58. The molecule has 3 rings (SSSR count). The van der Waals surface area contributed by atoms with Crippen LogP contribution in [0.25, 0.3) is 0 Å². The van der Waals surface area contributed by atoms with E-state index in [4.69, 9.17) is 4.99 Å². The average molecular weight is 446 g/mol. The highest BCUT2D eigenvalue weighted by molar-refractivity contribution is 7.10. The molecule has 2 heterocycles. The van der Waals surface area contributed by atoms with Crippen LogP contribution < -0.4 is 16.0 Å². The van der Waals surface area contributed by atoms with E-state index in [9.17, 15) is 9.18 Å². The van der Waals surface area contributed by atoms with Gasteiger partial charge >= 0.3 is 0 Å². The maximum atomic E-state index is 13.2. The third-order valence-electron chi connectivity index (χ3n) is 5.21. The maximum absolute atomic E-state index is 13.2. The van der Waals surface area contributed by atoms with Gasteiger partial charge in [-0.1, -0.05) is 18.2 Å². The number of carbonyl (C=O) groups is 1. The van der Waals surface area contributed by atoms with Crippen molar-refractivity contribution in [1.82, 2.24) is 20.9 Å². The van der Waals surface area contributed by atoms with Crippen molar-refractivity contribution in [2.24, 2.45) is 4.99 Å². The van der Waals surface area contributed by atoms with Crippen LogP contribution in [-0.2, 0) is 11.2 Å². The predicted molar refractivity (Wildman–Crippen MR) is 125 cm³/mol. The zero-order valence-electron chi connectivity index (χ0n) is 18.1. The monoisotopic (exact) mass is 445 g/mol. The Bertz CT molecular complexity index is 836. The van der Waals surface area contributed by atoms with E-state index in [1.807, 2.05) is 6.92 Å².